The molecule has 0 saturated carbocycles. The van der Waals surface area contributed by atoms with Crippen molar-refractivity contribution < 1.29 is 39.6 Å². The predicted octanol–water partition coefficient (Wildman–Crippen LogP) is 10.1. The van der Waals surface area contributed by atoms with Crippen LogP contribution in [0.2, 0.25) is 0 Å². The van der Waals surface area contributed by atoms with Gasteiger partial charge in [-0.2, -0.15) is 0 Å². The molecule has 0 unspecified atom stereocenters. The van der Waals surface area contributed by atoms with Crippen LogP contribution in [0.15, 0.2) is 83.5 Å². The maximum atomic E-state index is 8.55. The number of benzene rings is 3. The number of nitrogens with zero attached hydrogens (tertiary/aromatic N) is 5. The SMILES string of the molecule is [2H]C([2H])([2H])c1ccc2c(n1)oc1c(-c3cc(C([2H])([2H])C(C)(C)C)ccn3)[c-]ccc12.[2H]C([2H])([2H])c1cnc(-c2[c-]cc3c(c2)N(C)B(c2c(C)cc(C)cc2C)N3C)cc1C([2H])([2H])[2H].[Ir]. The first kappa shape index (κ1) is 26.9. The van der Waals surface area contributed by atoms with Gasteiger partial charge in [-0.1, -0.05) is 83.8 Å². The van der Waals surface area contributed by atoms with E-state index in [-0.39, 0.29) is 49.6 Å². The summed E-state index contributed by atoms with van der Waals surface area (Å²) in [5.74, 6) is 0. The van der Waals surface area contributed by atoms with Gasteiger partial charge in [0, 0.05) is 58.7 Å². The number of rotatable bonds is 4. The van der Waals surface area contributed by atoms with Crippen molar-refractivity contribution in [2.45, 2.75) is 68.5 Å². The molecule has 8 heteroatoms. The first-order valence-corrected chi connectivity index (χ1v) is 17.4. The van der Waals surface area contributed by atoms with Crippen LogP contribution in [0.25, 0.3) is 44.6 Å². The van der Waals surface area contributed by atoms with Crippen molar-refractivity contribution in [2.24, 2.45) is 5.41 Å². The van der Waals surface area contributed by atoms with Gasteiger partial charge in [-0.15, -0.1) is 42.0 Å². The minimum atomic E-state index is -2.57. The van der Waals surface area contributed by atoms with E-state index < -0.39 is 32.3 Å². The Balaban J connectivity index is 0.000000214. The van der Waals surface area contributed by atoms with Gasteiger partial charge in [0.05, 0.1) is 5.58 Å². The topological polar surface area (TPSA) is 58.3 Å². The third-order valence-corrected chi connectivity index (χ3v) is 9.41. The summed E-state index contributed by atoms with van der Waals surface area (Å²) in [4.78, 5) is 17.3. The number of furan rings is 1. The van der Waals surface area contributed by atoms with Crippen molar-refractivity contribution in [1.29, 1.82) is 0 Å². The van der Waals surface area contributed by atoms with E-state index in [1.165, 1.54) is 34.3 Å². The Morgan fingerprint density at radius 3 is 2.30 bits per heavy atom. The zero-order valence-corrected chi connectivity index (χ0v) is 34.0. The molecule has 3 aromatic carbocycles. The molecule has 0 atom stereocenters. The third-order valence-electron chi connectivity index (χ3n) is 9.41. The Morgan fingerprint density at radius 2 is 1.57 bits per heavy atom. The first-order valence-electron chi connectivity index (χ1n) is 22.9. The molecule has 1 aliphatic heterocycles. The van der Waals surface area contributed by atoms with E-state index in [0.717, 1.165) is 23.0 Å². The molecule has 0 bridgehead atoms. The second-order valence-electron chi connectivity index (χ2n) is 14.7. The van der Waals surface area contributed by atoms with Crippen LogP contribution in [0.4, 0.5) is 11.4 Å². The van der Waals surface area contributed by atoms with Crippen molar-refractivity contribution >= 4 is 45.9 Å². The van der Waals surface area contributed by atoms with Gasteiger partial charge < -0.3 is 24.0 Å². The summed E-state index contributed by atoms with van der Waals surface area (Å²) >= 11 is 0. The van der Waals surface area contributed by atoms with Crippen LogP contribution < -0.4 is 15.1 Å². The van der Waals surface area contributed by atoms with E-state index in [9.17, 15) is 0 Å². The Kier molecular flexibility index (Phi) is 7.55. The van der Waals surface area contributed by atoms with Crippen LogP contribution in [0.5, 0.6) is 0 Å². The van der Waals surface area contributed by atoms with Gasteiger partial charge in [0.25, 0.3) is 0 Å². The Morgan fingerprint density at radius 1 is 0.815 bits per heavy atom. The Labute approximate surface area is 350 Å². The number of hydrogen-bond acceptors (Lipinski definition) is 6. The molecule has 0 amide bonds. The van der Waals surface area contributed by atoms with Gasteiger partial charge in [0.2, 0.25) is 5.71 Å². The molecule has 8 rings (SSSR count). The molecular weight excluding hydrogens is 842 g/mol. The number of pyridine rings is 3. The molecular formula is C46H48BIrN5O-2. The molecule has 0 N–H and O–H groups in total. The number of fused-ring (bicyclic) bond motifs is 4. The van der Waals surface area contributed by atoms with Crippen LogP contribution in [0.3, 0.4) is 0 Å². The first-order chi connectivity index (χ1) is 29.6. The van der Waals surface area contributed by atoms with Crippen LogP contribution in [0.1, 0.15) is 74.9 Å². The van der Waals surface area contributed by atoms with Gasteiger partial charge >= 0.3 is 6.98 Å². The summed E-state index contributed by atoms with van der Waals surface area (Å²) in [6, 6.07) is 26.1. The number of aryl methyl sites for hydroxylation is 6. The monoisotopic (exact) mass is 901 g/mol. The molecule has 0 aliphatic carbocycles. The largest absolute Gasteiger partial charge is 0.486 e. The van der Waals surface area contributed by atoms with E-state index in [4.69, 9.17) is 19.5 Å². The zero-order chi connectivity index (χ0) is 47.1. The van der Waals surface area contributed by atoms with Crippen LogP contribution in [-0.4, -0.2) is 36.0 Å². The standard InChI is InChI=1S/C24H27BN3.C22H21N2O.Ir/c1-15-10-17(3)24(18(4)11-15)25-27(6)22-9-8-20(13-23(22)28(25)7)21-12-16(2)19(5)14-26-21;1-14-8-9-17-16-6-5-7-18(20(16)25-21(17)24-14)19-12-15(10-11-23-19)13-22(2,3)4;/h9-14H,1-7H3;5-6,8-12H,13H2,1-4H3;/q2*-1;/i2D3,5D3;1D3,13D2;. The third kappa shape index (κ3) is 7.60. The summed E-state index contributed by atoms with van der Waals surface area (Å²) in [6.45, 7) is 4.47. The van der Waals surface area contributed by atoms with Crippen LogP contribution >= 0.6 is 0 Å². The van der Waals surface area contributed by atoms with Crippen molar-refractivity contribution in [3.63, 3.8) is 0 Å². The smallest absolute Gasteiger partial charge is 0.401 e. The van der Waals surface area contributed by atoms with E-state index >= 15 is 0 Å². The zero-order valence-electron chi connectivity index (χ0n) is 42.6. The second-order valence-corrected chi connectivity index (χ2v) is 14.7. The quantitative estimate of drug-likeness (QED) is 0.130. The van der Waals surface area contributed by atoms with Crippen LogP contribution in [0, 0.1) is 58.9 Å². The molecule has 0 spiro atoms. The fourth-order valence-corrected chi connectivity index (χ4v) is 7.19. The number of hydrogen-bond donors (Lipinski definition) is 0. The van der Waals surface area contributed by atoms with Crippen molar-refractivity contribution in [3.8, 4) is 22.5 Å². The fourth-order valence-electron chi connectivity index (χ4n) is 7.19. The Hall–Kier alpha value is -4.78. The summed E-state index contributed by atoms with van der Waals surface area (Å²) < 4.78 is 92.4. The van der Waals surface area contributed by atoms with Crippen molar-refractivity contribution in [1.82, 2.24) is 15.0 Å². The van der Waals surface area contributed by atoms with E-state index in [2.05, 4.69) is 76.7 Å². The summed E-state index contributed by atoms with van der Waals surface area (Å²) in [5, 5.41) is 1.48. The number of aromatic nitrogens is 3. The molecule has 5 heterocycles. The van der Waals surface area contributed by atoms with Crippen LogP contribution in [-0.2, 0) is 26.5 Å². The number of anilines is 2. The van der Waals surface area contributed by atoms with Gasteiger partial charge in [0.15, 0.2) is 0 Å². The molecule has 4 aromatic heterocycles. The average molecular weight is 901 g/mol. The van der Waals surface area contributed by atoms with Gasteiger partial charge in [-0.25, -0.2) is 4.98 Å². The van der Waals surface area contributed by atoms with E-state index in [1.807, 2.05) is 46.0 Å². The fraction of sp³-hybridized carbons (Fsp3) is 0.283. The van der Waals surface area contributed by atoms with Gasteiger partial charge in [-0.05, 0) is 119 Å². The van der Waals surface area contributed by atoms with E-state index in [1.54, 1.807) is 30.5 Å². The molecule has 0 fully saturated rings. The molecule has 1 aliphatic rings. The second kappa shape index (κ2) is 15.2. The van der Waals surface area contributed by atoms with Gasteiger partial charge in [0.1, 0.15) is 0 Å². The molecule has 0 saturated heterocycles. The molecule has 54 heavy (non-hydrogen) atoms. The average Bonchev–Trinajstić information content (AvgIpc) is 3.69. The summed E-state index contributed by atoms with van der Waals surface area (Å²) in [6.07, 6.45) is 1.17. The van der Waals surface area contributed by atoms with Crippen molar-refractivity contribution in [2.75, 3.05) is 23.7 Å². The molecule has 277 valence electrons. The van der Waals surface area contributed by atoms with Gasteiger partial charge in [-0.3, -0.25) is 0 Å². The summed E-state index contributed by atoms with van der Waals surface area (Å²) in [5.41, 5.74) is 9.15. The van der Waals surface area contributed by atoms with Crippen molar-refractivity contribution in [3.05, 3.63) is 130 Å². The maximum absolute atomic E-state index is 8.55. The Bertz CT molecular complexity index is 2900. The minimum absolute atomic E-state index is 0. The minimum Gasteiger partial charge on any atom is -0.486 e. The summed E-state index contributed by atoms with van der Waals surface area (Å²) in [7, 11) is 4.09. The molecule has 7 aromatic rings. The predicted molar refractivity (Wildman–Crippen MR) is 222 cm³/mol. The maximum Gasteiger partial charge on any atom is 0.401 e. The molecule has 1 radical (unpaired) electrons. The molecule has 6 nitrogen and oxygen atoms in total. The van der Waals surface area contributed by atoms with E-state index in [0.29, 0.717) is 39.0 Å². The normalized spacial score (nSPS) is 16.5.